The van der Waals surface area contributed by atoms with Crippen LogP contribution in [0.15, 0.2) is 5.51 Å². The van der Waals surface area contributed by atoms with E-state index in [-0.39, 0.29) is 17.7 Å². The number of anilines is 1. The van der Waals surface area contributed by atoms with Crippen LogP contribution >= 0.6 is 11.3 Å². The van der Waals surface area contributed by atoms with Crippen molar-refractivity contribution in [2.45, 2.75) is 32.8 Å². The van der Waals surface area contributed by atoms with Gasteiger partial charge in [0.25, 0.3) is 5.91 Å². The molecular weight excluding hydrogens is 292 g/mol. The summed E-state index contributed by atoms with van der Waals surface area (Å²) in [6, 6.07) is 0. The Hall–Kier alpha value is -1.54. The van der Waals surface area contributed by atoms with Crippen molar-refractivity contribution in [2.24, 2.45) is 5.92 Å². The lowest BCUT2D eigenvalue weighted by molar-refractivity contribution is -0.144. The summed E-state index contributed by atoms with van der Waals surface area (Å²) < 4.78 is 5.32. The first-order valence-electron chi connectivity index (χ1n) is 7.09. The number of piperidine rings is 1. The molecule has 2 rings (SSSR count). The number of nitrogens with zero attached hydrogens (tertiary/aromatic N) is 3. The Kier molecular flexibility index (Phi) is 5.63. The van der Waals surface area contributed by atoms with Crippen molar-refractivity contribution in [3.63, 3.8) is 0 Å². The summed E-state index contributed by atoms with van der Waals surface area (Å²) in [6.07, 6.45) is 0.909. The predicted molar refractivity (Wildman–Crippen MR) is 78.9 cm³/mol. The number of hydrogen-bond acceptors (Lipinski definition) is 6. The summed E-state index contributed by atoms with van der Waals surface area (Å²) in [5.74, 6) is -0.128. The standard InChI is InChI=1S/C13H20N4O3S/c1-3-20-9(2)12(19)17-6-4-10(5-7-17)11(18)15-13-16-14-8-21-13/h8-10H,3-7H2,1-2H3,(H,15,16,18). The molecule has 1 fully saturated rings. The zero-order valence-corrected chi connectivity index (χ0v) is 13.1. The number of carbonyl (C=O) groups excluding carboxylic acids is 2. The molecule has 1 saturated heterocycles. The summed E-state index contributed by atoms with van der Waals surface area (Å²) in [5.41, 5.74) is 1.58. The lowest BCUT2D eigenvalue weighted by Gasteiger charge is -2.32. The van der Waals surface area contributed by atoms with Crippen LogP contribution in [0.25, 0.3) is 0 Å². The van der Waals surface area contributed by atoms with Crippen LogP contribution in [0.3, 0.4) is 0 Å². The third-order valence-electron chi connectivity index (χ3n) is 3.53. The van der Waals surface area contributed by atoms with Gasteiger partial charge in [0.05, 0.1) is 0 Å². The maximum absolute atomic E-state index is 12.1. The van der Waals surface area contributed by atoms with Gasteiger partial charge in [-0.15, -0.1) is 10.2 Å². The highest BCUT2D eigenvalue weighted by molar-refractivity contribution is 7.13. The third-order valence-corrected chi connectivity index (χ3v) is 4.14. The molecule has 1 aliphatic heterocycles. The largest absolute Gasteiger partial charge is 0.369 e. The van der Waals surface area contributed by atoms with E-state index >= 15 is 0 Å². The lowest BCUT2D eigenvalue weighted by atomic mass is 9.95. The van der Waals surface area contributed by atoms with Crippen LogP contribution in [0.5, 0.6) is 0 Å². The Morgan fingerprint density at radius 3 is 2.81 bits per heavy atom. The Labute approximate surface area is 127 Å². The number of ether oxygens (including phenoxy) is 1. The summed E-state index contributed by atoms with van der Waals surface area (Å²) in [5, 5.41) is 10.7. The van der Waals surface area contributed by atoms with Crippen molar-refractivity contribution in [1.82, 2.24) is 15.1 Å². The molecule has 0 aromatic carbocycles. The molecule has 0 bridgehead atoms. The molecule has 0 saturated carbocycles. The number of carbonyl (C=O) groups is 2. The first-order valence-corrected chi connectivity index (χ1v) is 7.97. The predicted octanol–water partition coefficient (Wildman–Crippen LogP) is 1.14. The Balaban J connectivity index is 1.80. The second kappa shape index (κ2) is 7.46. The Morgan fingerprint density at radius 2 is 2.24 bits per heavy atom. The van der Waals surface area contributed by atoms with Gasteiger partial charge in [-0.3, -0.25) is 9.59 Å². The first-order chi connectivity index (χ1) is 10.1. The van der Waals surface area contributed by atoms with Crippen LogP contribution < -0.4 is 5.32 Å². The highest BCUT2D eigenvalue weighted by atomic mass is 32.1. The zero-order chi connectivity index (χ0) is 15.2. The highest BCUT2D eigenvalue weighted by Gasteiger charge is 2.29. The monoisotopic (exact) mass is 312 g/mol. The molecule has 1 atom stereocenters. The molecule has 1 unspecified atom stereocenters. The van der Waals surface area contributed by atoms with Gasteiger partial charge in [-0.2, -0.15) is 0 Å². The van der Waals surface area contributed by atoms with Crippen LogP contribution in [0.2, 0.25) is 0 Å². The molecule has 2 amide bonds. The van der Waals surface area contributed by atoms with Crippen molar-refractivity contribution in [1.29, 1.82) is 0 Å². The van der Waals surface area contributed by atoms with E-state index in [0.29, 0.717) is 37.7 Å². The van der Waals surface area contributed by atoms with Gasteiger partial charge >= 0.3 is 0 Å². The minimum absolute atomic E-state index is 0.000156. The molecule has 1 N–H and O–H groups in total. The maximum Gasteiger partial charge on any atom is 0.251 e. The third kappa shape index (κ3) is 4.21. The molecule has 0 radical (unpaired) electrons. The van der Waals surface area contributed by atoms with Crippen molar-refractivity contribution in [3.05, 3.63) is 5.51 Å². The molecule has 1 aromatic heterocycles. The van der Waals surface area contributed by atoms with E-state index in [1.165, 1.54) is 11.3 Å². The number of nitrogens with one attached hydrogen (secondary N) is 1. The molecule has 21 heavy (non-hydrogen) atoms. The van der Waals surface area contributed by atoms with E-state index in [9.17, 15) is 9.59 Å². The van der Waals surface area contributed by atoms with Gasteiger partial charge < -0.3 is 15.0 Å². The number of aromatic nitrogens is 2. The molecule has 0 aliphatic carbocycles. The number of hydrogen-bond donors (Lipinski definition) is 1. The second-order valence-electron chi connectivity index (χ2n) is 4.93. The van der Waals surface area contributed by atoms with E-state index in [0.717, 1.165) is 0 Å². The van der Waals surface area contributed by atoms with Gasteiger partial charge in [0, 0.05) is 25.6 Å². The van der Waals surface area contributed by atoms with Gasteiger partial charge in [0.1, 0.15) is 11.6 Å². The van der Waals surface area contributed by atoms with Gasteiger partial charge in [-0.05, 0) is 26.7 Å². The molecule has 1 aromatic rings. The Bertz CT molecular complexity index is 472. The average Bonchev–Trinajstić information content (AvgIpc) is 3.00. The highest BCUT2D eigenvalue weighted by Crippen LogP contribution is 2.20. The normalized spacial score (nSPS) is 17.5. The molecule has 7 nitrogen and oxygen atoms in total. The van der Waals surface area contributed by atoms with Gasteiger partial charge in [0.2, 0.25) is 11.0 Å². The fourth-order valence-corrected chi connectivity index (χ4v) is 2.82. The van der Waals surface area contributed by atoms with E-state index < -0.39 is 6.10 Å². The summed E-state index contributed by atoms with van der Waals surface area (Å²) in [6.45, 7) is 5.33. The molecule has 0 spiro atoms. The molecule has 8 heteroatoms. The first kappa shape index (κ1) is 15.8. The van der Waals surface area contributed by atoms with Crippen LogP contribution in [0, 0.1) is 5.92 Å². The molecular formula is C13H20N4O3S. The van der Waals surface area contributed by atoms with Gasteiger partial charge in [-0.25, -0.2) is 0 Å². The maximum atomic E-state index is 12.1. The van der Waals surface area contributed by atoms with Crippen molar-refractivity contribution < 1.29 is 14.3 Å². The fourth-order valence-electron chi connectivity index (χ4n) is 2.38. The average molecular weight is 312 g/mol. The molecule has 1 aliphatic rings. The summed E-state index contributed by atoms with van der Waals surface area (Å²) in [4.78, 5) is 26.0. The van der Waals surface area contributed by atoms with Gasteiger partial charge in [0.15, 0.2) is 0 Å². The van der Waals surface area contributed by atoms with Crippen LogP contribution in [0.1, 0.15) is 26.7 Å². The number of amides is 2. The van der Waals surface area contributed by atoms with E-state index in [4.69, 9.17) is 4.74 Å². The summed E-state index contributed by atoms with van der Waals surface area (Å²) in [7, 11) is 0. The lowest BCUT2D eigenvalue weighted by Crippen LogP contribution is -2.45. The van der Waals surface area contributed by atoms with Crippen molar-refractivity contribution in [3.8, 4) is 0 Å². The Morgan fingerprint density at radius 1 is 1.52 bits per heavy atom. The zero-order valence-electron chi connectivity index (χ0n) is 12.2. The van der Waals surface area contributed by atoms with Crippen LogP contribution in [0.4, 0.5) is 5.13 Å². The van der Waals surface area contributed by atoms with Crippen molar-refractivity contribution in [2.75, 3.05) is 25.0 Å². The summed E-state index contributed by atoms with van der Waals surface area (Å²) >= 11 is 1.29. The van der Waals surface area contributed by atoms with Crippen LogP contribution in [-0.2, 0) is 14.3 Å². The fraction of sp³-hybridized carbons (Fsp3) is 0.692. The van der Waals surface area contributed by atoms with Crippen LogP contribution in [-0.4, -0.2) is 52.7 Å². The second-order valence-corrected chi connectivity index (χ2v) is 5.76. The van der Waals surface area contributed by atoms with E-state index in [1.807, 2.05) is 6.92 Å². The number of rotatable bonds is 5. The smallest absolute Gasteiger partial charge is 0.251 e. The molecule has 116 valence electrons. The van der Waals surface area contributed by atoms with Gasteiger partial charge in [-0.1, -0.05) is 11.3 Å². The van der Waals surface area contributed by atoms with E-state index in [2.05, 4.69) is 15.5 Å². The SMILES string of the molecule is CCOC(C)C(=O)N1CCC(C(=O)Nc2nncs2)CC1. The number of likely N-dealkylation sites (tertiary alicyclic amines) is 1. The topological polar surface area (TPSA) is 84.4 Å². The minimum Gasteiger partial charge on any atom is -0.369 e. The molecule has 2 heterocycles. The van der Waals surface area contributed by atoms with Crippen molar-refractivity contribution >= 4 is 28.3 Å². The van der Waals surface area contributed by atoms with E-state index in [1.54, 1.807) is 17.3 Å². The minimum atomic E-state index is -0.415. The quantitative estimate of drug-likeness (QED) is 0.881.